The van der Waals surface area contributed by atoms with Crippen LogP contribution in [-0.4, -0.2) is 0 Å². The number of benzene rings is 9. The molecule has 250 valence electrons. The van der Waals surface area contributed by atoms with Crippen molar-refractivity contribution in [3.05, 3.63) is 187 Å². The van der Waals surface area contributed by atoms with E-state index in [1.807, 2.05) is 12.1 Å². The lowest BCUT2D eigenvalue weighted by molar-refractivity contribution is 0.666. The monoisotopic (exact) mass is 677 g/mol. The topological polar surface area (TPSA) is 16.4 Å². The molecule has 0 saturated carbocycles. The van der Waals surface area contributed by atoms with Crippen LogP contribution in [0, 0.1) is 0 Å². The Labute approximate surface area is 308 Å². The van der Waals surface area contributed by atoms with Gasteiger partial charge < -0.3 is 9.32 Å². The highest BCUT2D eigenvalue weighted by Crippen LogP contribution is 2.55. The highest BCUT2D eigenvalue weighted by atomic mass is 16.3. The van der Waals surface area contributed by atoms with E-state index in [2.05, 4.69) is 183 Å². The molecule has 0 amide bonds. The van der Waals surface area contributed by atoms with Gasteiger partial charge in [0.25, 0.3) is 0 Å². The molecular formula is C51H35NO. The molecule has 53 heavy (non-hydrogen) atoms. The minimum atomic E-state index is -0.0901. The van der Waals surface area contributed by atoms with Gasteiger partial charge in [0.1, 0.15) is 5.58 Å². The Morgan fingerprint density at radius 2 is 1.13 bits per heavy atom. The van der Waals surface area contributed by atoms with E-state index in [1.54, 1.807) is 0 Å². The molecule has 0 spiro atoms. The molecule has 1 heterocycles. The standard InChI is InChI=1S/C51H35NO/c1-51(2)44-20-10-8-18-42(44)48-40-17-7-6-16-39(40)47-37-29-25-33(31-34(37)26-30-43(47)49(48)51)32-23-27-36(28-24-32)52(35-13-4-3-5-14-35)45-21-12-19-41-38-15-9-11-22-46(38)53-50(41)45/h3-31H,1-2H3. The van der Waals surface area contributed by atoms with E-state index in [0.29, 0.717) is 0 Å². The summed E-state index contributed by atoms with van der Waals surface area (Å²) in [5.41, 5.74) is 12.8. The number of rotatable bonds is 4. The van der Waals surface area contributed by atoms with Crippen LogP contribution in [0.25, 0.3) is 76.5 Å². The van der Waals surface area contributed by atoms with Gasteiger partial charge >= 0.3 is 0 Å². The second-order valence-electron chi connectivity index (χ2n) is 14.9. The summed E-state index contributed by atoms with van der Waals surface area (Å²) in [6.07, 6.45) is 0. The molecule has 0 N–H and O–H groups in total. The SMILES string of the molecule is CC1(C)c2ccccc2-c2c1c1ccc3cc(-c4ccc(N(c5ccccc5)c5cccc6c5oc5ccccc56)cc4)ccc3c1c1ccccc21. The minimum Gasteiger partial charge on any atom is -0.454 e. The fraction of sp³-hybridized carbons (Fsp3) is 0.0588. The van der Waals surface area contributed by atoms with Gasteiger partial charge in [-0.25, -0.2) is 0 Å². The molecule has 0 atom stereocenters. The quantitative estimate of drug-likeness (QED) is 0.172. The lowest BCUT2D eigenvalue weighted by atomic mass is 9.78. The van der Waals surface area contributed by atoms with E-state index in [-0.39, 0.29) is 5.41 Å². The normalized spacial score (nSPS) is 13.2. The summed E-state index contributed by atoms with van der Waals surface area (Å²) < 4.78 is 6.51. The Bertz CT molecular complexity index is 3080. The Kier molecular flexibility index (Phi) is 6.33. The fourth-order valence-electron chi connectivity index (χ4n) is 9.22. The molecule has 1 aromatic heterocycles. The van der Waals surface area contributed by atoms with Gasteiger partial charge in [0, 0.05) is 27.6 Å². The molecule has 10 aromatic rings. The molecule has 0 aliphatic heterocycles. The highest BCUT2D eigenvalue weighted by molar-refractivity contribution is 6.26. The van der Waals surface area contributed by atoms with Crippen LogP contribution in [-0.2, 0) is 5.41 Å². The summed E-state index contributed by atoms with van der Waals surface area (Å²) >= 11 is 0. The van der Waals surface area contributed by atoms with Gasteiger partial charge in [0.05, 0.1) is 5.69 Å². The molecule has 9 aromatic carbocycles. The summed E-state index contributed by atoms with van der Waals surface area (Å²) in [6.45, 7) is 4.78. The van der Waals surface area contributed by atoms with Crippen LogP contribution >= 0.6 is 0 Å². The average Bonchev–Trinajstić information content (AvgIpc) is 3.71. The molecule has 0 saturated heterocycles. The average molecular weight is 678 g/mol. The van der Waals surface area contributed by atoms with Crippen molar-refractivity contribution < 1.29 is 4.42 Å². The maximum atomic E-state index is 6.51. The minimum absolute atomic E-state index is 0.0901. The first kappa shape index (κ1) is 30.0. The van der Waals surface area contributed by atoms with E-state index in [1.165, 1.54) is 65.7 Å². The van der Waals surface area contributed by atoms with Gasteiger partial charge in [-0.2, -0.15) is 0 Å². The zero-order valence-electron chi connectivity index (χ0n) is 29.6. The maximum Gasteiger partial charge on any atom is 0.159 e. The van der Waals surface area contributed by atoms with Crippen LogP contribution < -0.4 is 4.90 Å². The second kappa shape index (κ2) is 11.2. The number of para-hydroxylation sites is 3. The molecule has 1 aliphatic carbocycles. The Hall–Kier alpha value is -6.64. The summed E-state index contributed by atoms with van der Waals surface area (Å²) in [5, 5.41) is 10.1. The van der Waals surface area contributed by atoms with Gasteiger partial charge in [0.15, 0.2) is 5.58 Å². The van der Waals surface area contributed by atoms with E-state index < -0.39 is 0 Å². The second-order valence-corrected chi connectivity index (χ2v) is 14.9. The van der Waals surface area contributed by atoms with Crippen molar-refractivity contribution in [3.8, 4) is 22.3 Å². The van der Waals surface area contributed by atoms with Crippen LogP contribution in [0.3, 0.4) is 0 Å². The number of fused-ring (bicyclic) bond motifs is 13. The molecular weight excluding hydrogens is 643 g/mol. The Morgan fingerprint density at radius 1 is 0.472 bits per heavy atom. The van der Waals surface area contributed by atoms with Crippen LogP contribution in [0.2, 0.25) is 0 Å². The maximum absolute atomic E-state index is 6.51. The van der Waals surface area contributed by atoms with Crippen molar-refractivity contribution in [1.82, 2.24) is 0 Å². The summed E-state index contributed by atoms with van der Waals surface area (Å²) in [4.78, 5) is 2.30. The van der Waals surface area contributed by atoms with Gasteiger partial charge in [-0.05, 0) is 108 Å². The summed E-state index contributed by atoms with van der Waals surface area (Å²) in [5.74, 6) is 0. The van der Waals surface area contributed by atoms with Gasteiger partial charge in [-0.1, -0.05) is 147 Å². The molecule has 0 unspecified atom stereocenters. The third kappa shape index (κ3) is 4.33. The van der Waals surface area contributed by atoms with E-state index in [9.17, 15) is 0 Å². The third-order valence-electron chi connectivity index (χ3n) is 11.6. The van der Waals surface area contributed by atoms with Crippen molar-refractivity contribution >= 4 is 71.3 Å². The predicted octanol–water partition coefficient (Wildman–Crippen LogP) is 14.5. The number of hydrogen-bond donors (Lipinski definition) is 0. The van der Waals surface area contributed by atoms with Gasteiger partial charge in [0.2, 0.25) is 0 Å². The van der Waals surface area contributed by atoms with Crippen molar-refractivity contribution in [2.75, 3.05) is 4.90 Å². The number of anilines is 3. The zero-order chi connectivity index (χ0) is 35.3. The fourth-order valence-corrected chi connectivity index (χ4v) is 9.22. The largest absolute Gasteiger partial charge is 0.454 e. The first-order valence-corrected chi connectivity index (χ1v) is 18.4. The smallest absolute Gasteiger partial charge is 0.159 e. The molecule has 0 fully saturated rings. The molecule has 1 aliphatic rings. The number of furan rings is 1. The highest BCUT2D eigenvalue weighted by Gasteiger charge is 2.38. The molecule has 2 nitrogen and oxygen atoms in total. The van der Waals surface area contributed by atoms with Crippen molar-refractivity contribution in [2.45, 2.75) is 19.3 Å². The van der Waals surface area contributed by atoms with Crippen LogP contribution in [0.1, 0.15) is 25.0 Å². The van der Waals surface area contributed by atoms with Crippen LogP contribution in [0.15, 0.2) is 180 Å². The lowest BCUT2D eigenvalue weighted by Gasteiger charge is -2.25. The van der Waals surface area contributed by atoms with Gasteiger partial charge in [-0.15, -0.1) is 0 Å². The van der Waals surface area contributed by atoms with E-state index in [4.69, 9.17) is 4.42 Å². The molecule has 2 heteroatoms. The number of nitrogens with zero attached hydrogens (tertiary/aromatic N) is 1. The summed E-state index contributed by atoms with van der Waals surface area (Å²) in [7, 11) is 0. The molecule has 11 rings (SSSR count). The third-order valence-corrected chi connectivity index (χ3v) is 11.6. The van der Waals surface area contributed by atoms with E-state index in [0.717, 1.165) is 39.0 Å². The number of hydrogen-bond acceptors (Lipinski definition) is 2. The lowest BCUT2D eigenvalue weighted by Crippen LogP contribution is -2.15. The Morgan fingerprint density at radius 3 is 1.98 bits per heavy atom. The summed E-state index contributed by atoms with van der Waals surface area (Å²) in [6, 6.07) is 63.9. The predicted molar refractivity (Wildman–Crippen MR) is 224 cm³/mol. The van der Waals surface area contributed by atoms with Crippen LogP contribution in [0.5, 0.6) is 0 Å². The van der Waals surface area contributed by atoms with E-state index >= 15 is 0 Å². The first-order valence-electron chi connectivity index (χ1n) is 18.4. The zero-order valence-corrected chi connectivity index (χ0v) is 29.6. The molecule has 0 radical (unpaired) electrons. The molecule has 0 bridgehead atoms. The van der Waals surface area contributed by atoms with Crippen molar-refractivity contribution in [2.24, 2.45) is 0 Å². The van der Waals surface area contributed by atoms with Crippen LogP contribution in [0.4, 0.5) is 17.1 Å². The first-order chi connectivity index (χ1) is 26.1. The van der Waals surface area contributed by atoms with Gasteiger partial charge in [-0.3, -0.25) is 0 Å². The van der Waals surface area contributed by atoms with Crippen molar-refractivity contribution in [1.29, 1.82) is 0 Å². The Balaban J connectivity index is 1.04. The van der Waals surface area contributed by atoms with Crippen molar-refractivity contribution in [3.63, 3.8) is 0 Å².